The SMILES string of the molecule is CCn1c(CNCCCO)nc(Br)c1Br. The van der Waals surface area contributed by atoms with Crippen molar-refractivity contribution in [3.05, 3.63) is 15.0 Å². The molecule has 15 heavy (non-hydrogen) atoms. The number of aliphatic hydroxyl groups excluding tert-OH is 1. The summed E-state index contributed by atoms with van der Waals surface area (Å²) in [5, 5.41) is 11.9. The Balaban J connectivity index is 2.56. The van der Waals surface area contributed by atoms with E-state index in [1.54, 1.807) is 0 Å². The van der Waals surface area contributed by atoms with E-state index in [9.17, 15) is 0 Å². The summed E-state index contributed by atoms with van der Waals surface area (Å²) in [6.07, 6.45) is 0.773. The summed E-state index contributed by atoms with van der Waals surface area (Å²) in [4.78, 5) is 4.39. The molecule has 0 saturated heterocycles. The number of aromatic nitrogens is 2. The average Bonchev–Trinajstić information content (AvgIpc) is 2.50. The molecule has 0 aliphatic carbocycles. The summed E-state index contributed by atoms with van der Waals surface area (Å²) < 4.78 is 3.91. The van der Waals surface area contributed by atoms with Crippen molar-refractivity contribution in [2.75, 3.05) is 13.2 Å². The van der Waals surface area contributed by atoms with Gasteiger partial charge in [0, 0.05) is 13.2 Å². The van der Waals surface area contributed by atoms with Gasteiger partial charge in [-0.25, -0.2) is 4.98 Å². The fraction of sp³-hybridized carbons (Fsp3) is 0.667. The molecule has 0 aliphatic rings. The molecule has 0 radical (unpaired) electrons. The fourth-order valence-corrected chi connectivity index (χ4v) is 2.27. The predicted octanol–water partition coefficient (Wildman–Crippen LogP) is 1.90. The Bertz CT molecular complexity index is 315. The van der Waals surface area contributed by atoms with Crippen molar-refractivity contribution in [2.45, 2.75) is 26.4 Å². The van der Waals surface area contributed by atoms with Crippen LogP contribution in [0.5, 0.6) is 0 Å². The summed E-state index contributed by atoms with van der Waals surface area (Å²) in [5.74, 6) is 0.995. The molecular weight excluding hydrogens is 326 g/mol. The first-order valence-corrected chi connectivity index (χ1v) is 6.51. The van der Waals surface area contributed by atoms with Crippen LogP contribution in [-0.2, 0) is 13.1 Å². The second-order valence-corrected chi connectivity index (χ2v) is 4.61. The molecule has 0 aromatic carbocycles. The monoisotopic (exact) mass is 339 g/mol. The Morgan fingerprint density at radius 2 is 2.20 bits per heavy atom. The average molecular weight is 341 g/mol. The number of rotatable bonds is 6. The van der Waals surface area contributed by atoms with Gasteiger partial charge in [-0.15, -0.1) is 0 Å². The van der Waals surface area contributed by atoms with E-state index in [2.05, 4.69) is 53.7 Å². The lowest BCUT2D eigenvalue weighted by atomic mass is 10.4. The minimum atomic E-state index is 0.225. The van der Waals surface area contributed by atoms with Gasteiger partial charge in [0.05, 0.1) is 6.54 Å². The number of aliphatic hydroxyl groups is 1. The smallest absolute Gasteiger partial charge is 0.139 e. The van der Waals surface area contributed by atoms with E-state index in [4.69, 9.17) is 5.11 Å². The molecule has 1 rings (SSSR count). The maximum Gasteiger partial charge on any atom is 0.139 e. The van der Waals surface area contributed by atoms with E-state index in [1.165, 1.54) is 0 Å². The van der Waals surface area contributed by atoms with Crippen molar-refractivity contribution in [2.24, 2.45) is 0 Å². The molecule has 1 aromatic rings. The highest BCUT2D eigenvalue weighted by Gasteiger charge is 2.10. The first-order valence-electron chi connectivity index (χ1n) is 4.92. The number of nitrogens with one attached hydrogen (secondary N) is 1. The van der Waals surface area contributed by atoms with Gasteiger partial charge >= 0.3 is 0 Å². The molecule has 1 aromatic heterocycles. The number of hydrogen-bond acceptors (Lipinski definition) is 3. The van der Waals surface area contributed by atoms with E-state index in [0.29, 0.717) is 0 Å². The van der Waals surface area contributed by atoms with Crippen molar-refractivity contribution in [3.8, 4) is 0 Å². The summed E-state index contributed by atoms with van der Waals surface area (Å²) >= 11 is 6.85. The van der Waals surface area contributed by atoms with Gasteiger partial charge in [0.1, 0.15) is 15.0 Å². The Labute approximate surface area is 106 Å². The Kier molecular flexibility index (Phi) is 5.81. The molecule has 0 bridgehead atoms. The van der Waals surface area contributed by atoms with Gasteiger partial charge in [-0.2, -0.15) is 0 Å². The molecule has 0 unspecified atom stereocenters. The molecule has 6 heteroatoms. The zero-order valence-electron chi connectivity index (χ0n) is 8.63. The first-order chi connectivity index (χ1) is 7.20. The van der Waals surface area contributed by atoms with E-state index in [0.717, 1.165) is 41.1 Å². The van der Waals surface area contributed by atoms with Gasteiger partial charge in [-0.3, -0.25) is 0 Å². The standard InChI is InChI=1S/C9H15Br2N3O/c1-2-14-7(6-12-4-3-5-15)13-8(10)9(14)11/h12,15H,2-6H2,1H3. The third kappa shape index (κ3) is 3.55. The molecule has 0 amide bonds. The Morgan fingerprint density at radius 1 is 1.47 bits per heavy atom. The fourth-order valence-electron chi connectivity index (χ4n) is 1.31. The largest absolute Gasteiger partial charge is 0.396 e. The molecule has 0 aliphatic heterocycles. The van der Waals surface area contributed by atoms with Gasteiger partial charge in [0.15, 0.2) is 0 Å². The third-order valence-corrected chi connectivity index (χ3v) is 3.95. The van der Waals surface area contributed by atoms with Gasteiger partial charge in [0.2, 0.25) is 0 Å². The first kappa shape index (κ1) is 13.2. The Morgan fingerprint density at radius 3 is 2.80 bits per heavy atom. The molecule has 2 N–H and O–H groups in total. The van der Waals surface area contributed by atoms with Crippen LogP contribution in [0.25, 0.3) is 0 Å². The molecule has 1 heterocycles. The highest BCUT2D eigenvalue weighted by atomic mass is 79.9. The van der Waals surface area contributed by atoms with Gasteiger partial charge in [-0.1, -0.05) is 0 Å². The van der Waals surface area contributed by atoms with Crippen molar-refractivity contribution in [1.29, 1.82) is 0 Å². The van der Waals surface area contributed by atoms with E-state index >= 15 is 0 Å². The lowest BCUT2D eigenvalue weighted by Gasteiger charge is -2.06. The Hall–Kier alpha value is 0.0900. The van der Waals surface area contributed by atoms with Crippen LogP contribution in [0.4, 0.5) is 0 Å². The maximum absolute atomic E-state index is 8.64. The van der Waals surface area contributed by atoms with Crippen LogP contribution in [-0.4, -0.2) is 27.8 Å². The lowest BCUT2D eigenvalue weighted by molar-refractivity contribution is 0.285. The third-order valence-electron chi connectivity index (χ3n) is 2.06. The molecule has 0 saturated carbocycles. The maximum atomic E-state index is 8.64. The molecular formula is C9H15Br2N3O. The highest BCUT2D eigenvalue weighted by Crippen LogP contribution is 2.23. The van der Waals surface area contributed by atoms with Gasteiger partial charge in [0.25, 0.3) is 0 Å². The zero-order valence-corrected chi connectivity index (χ0v) is 11.8. The summed E-state index contributed by atoms with van der Waals surface area (Å²) in [6, 6.07) is 0. The van der Waals surface area contributed by atoms with Gasteiger partial charge < -0.3 is 15.0 Å². The van der Waals surface area contributed by atoms with E-state index < -0.39 is 0 Å². The van der Waals surface area contributed by atoms with Crippen LogP contribution in [0.1, 0.15) is 19.2 Å². The van der Waals surface area contributed by atoms with Crippen LogP contribution in [0.2, 0.25) is 0 Å². The number of hydrogen-bond donors (Lipinski definition) is 2. The van der Waals surface area contributed by atoms with Crippen molar-refractivity contribution >= 4 is 31.9 Å². The zero-order chi connectivity index (χ0) is 11.3. The normalized spacial score (nSPS) is 10.9. The molecule has 86 valence electrons. The predicted molar refractivity (Wildman–Crippen MR) is 66.7 cm³/mol. The minimum absolute atomic E-state index is 0.225. The summed E-state index contributed by atoms with van der Waals surface area (Å²) in [7, 11) is 0. The number of imidazole rings is 1. The van der Waals surface area contributed by atoms with Crippen LogP contribution in [0.3, 0.4) is 0 Å². The van der Waals surface area contributed by atoms with Crippen molar-refractivity contribution in [3.63, 3.8) is 0 Å². The van der Waals surface area contributed by atoms with Crippen LogP contribution >= 0.6 is 31.9 Å². The van der Waals surface area contributed by atoms with Crippen LogP contribution in [0.15, 0.2) is 9.21 Å². The molecule has 0 fully saturated rings. The van der Waals surface area contributed by atoms with Crippen LogP contribution < -0.4 is 5.32 Å². The molecule has 4 nitrogen and oxygen atoms in total. The van der Waals surface area contributed by atoms with Crippen LogP contribution in [0, 0.1) is 0 Å². The topological polar surface area (TPSA) is 50.1 Å². The lowest BCUT2D eigenvalue weighted by Crippen LogP contribution is -2.18. The second-order valence-electron chi connectivity index (χ2n) is 3.11. The van der Waals surface area contributed by atoms with E-state index in [1.807, 2.05) is 0 Å². The summed E-state index contributed by atoms with van der Waals surface area (Å²) in [5.41, 5.74) is 0. The quantitative estimate of drug-likeness (QED) is 0.778. The highest BCUT2D eigenvalue weighted by molar-refractivity contribution is 9.13. The van der Waals surface area contributed by atoms with E-state index in [-0.39, 0.29) is 6.61 Å². The van der Waals surface area contributed by atoms with Gasteiger partial charge in [-0.05, 0) is 51.7 Å². The van der Waals surface area contributed by atoms with Crippen molar-refractivity contribution in [1.82, 2.24) is 14.9 Å². The second kappa shape index (κ2) is 6.62. The number of halogens is 2. The molecule has 0 atom stereocenters. The number of nitrogens with zero attached hydrogens (tertiary/aromatic N) is 2. The molecule has 0 spiro atoms. The summed E-state index contributed by atoms with van der Waals surface area (Å²) in [6.45, 7) is 4.72. The van der Waals surface area contributed by atoms with Crippen molar-refractivity contribution < 1.29 is 5.11 Å². The minimum Gasteiger partial charge on any atom is -0.396 e.